The summed E-state index contributed by atoms with van der Waals surface area (Å²) in [5.41, 5.74) is 6.80. The maximum Gasteiger partial charge on any atom is 0.250 e. The van der Waals surface area contributed by atoms with Crippen LogP contribution in [0.5, 0.6) is 0 Å². The van der Waals surface area contributed by atoms with Crippen LogP contribution in [0.15, 0.2) is 30.3 Å². The van der Waals surface area contributed by atoms with E-state index in [1.165, 1.54) is 0 Å². The number of halogens is 4. The quantitative estimate of drug-likeness (QED) is 0.766. The molecular weight excluding hydrogens is 328 g/mol. The average molecular weight is 335 g/mol. The highest BCUT2D eigenvalue weighted by Gasteiger charge is 2.12. The summed E-state index contributed by atoms with van der Waals surface area (Å²) in [6.07, 6.45) is 0. The largest absolute Gasteiger partial charge is 0.366 e. The highest BCUT2D eigenvalue weighted by Crippen LogP contribution is 2.36. The average Bonchev–Trinajstić information content (AvgIpc) is 2.34. The number of benzene rings is 2. The third kappa shape index (κ3) is 2.98. The molecule has 0 radical (unpaired) electrons. The number of carbonyl (C=O) groups is 1. The van der Waals surface area contributed by atoms with Gasteiger partial charge >= 0.3 is 0 Å². The van der Waals surface area contributed by atoms with Gasteiger partial charge in [-0.1, -0.05) is 52.5 Å². The molecular formula is C13H7Cl4NO. The second-order valence-electron chi connectivity index (χ2n) is 3.81. The standard InChI is InChI=1S/C13H7Cl4NO/c14-9-2-1-6(3-8(9)13(18)19)7-4-11(16)12(17)5-10(7)15/h1-5H,(H2,18,19). The number of nitrogens with two attached hydrogens (primary N) is 1. The fourth-order valence-corrected chi connectivity index (χ4v) is 2.49. The first-order valence-corrected chi connectivity index (χ1v) is 6.65. The van der Waals surface area contributed by atoms with Crippen molar-refractivity contribution in [3.8, 4) is 11.1 Å². The summed E-state index contributed by atoms with van der Waals surface area (Å²) < 4.78 is 0. The van der Waals surface area contributed by atoms with Crippen LogP contribution in [0.4, 0.5) is 0 Å². The van der Waals surface area contributed by atoms with Crippen molar-refractivity contribution < 1.29 is 4.79 Å². The molecule has 2 nitrogen and oxygen atoms in total. The molecule has 0 heterocycles. The Labute approximate surface area is 130 Å². The van der Waals surface area contributed by atoms with Crippen molar-refractivity contribution >= 4 is 52.3 Å². The highest BCUT2D eigenvalue weighted by atomic mass is 35.5. The summed E-state index contributed by atoms with van der Waals surface area (Å²) >= 11 is 23.8. The van der Waals surface area contributed by atoms with E-state index in [0.717, 1.165) is 0 Å². The summed E-state index contributed by atoms with van der Waals surface area (Å²) in [6, 6.07) is 8.03. The lowest BCUT2D eigenvalue weighted by molar-refractivity contribution is 0.100. The molecule has 0 aliphatic rings. The molecule has 2 aromatic rings. The zero-order valence-electron chi connectivity index (χ0n) is 9.38. The number of amides is 1. The lowest BCUT2D eigenvalue weighted by atomic mass is 10.0. The summed E-state index contributed by atoms with van der Waals surface area (Å²) in [5.74, 6) is -0.608. The van der Waals surface area contributed by atoms with Crippen LogP contribution in [0.2, 0.25) is 20.1 Å². The van der Waals surface area contributed by atoms with E-state index in [1.54, 1.807) is 30.3 Å². The number of hydrogen-bond acceptors (Lipinski definition) is 1. The van der Waals surface area contributed by atoms with Crippen molar-refractivity contribution in [1.29, 1.82) is 0 Å². The number of rotatable bonds is 2. The van der Waals surface area contributed by atoms with Gasteiger partial charge in [0.1, 0.15) is 0 Å². The van der Waals surface area contributed by atoms with Crippen LogP contribution >= 0.6 is 46.4 Å². The monoisotopic (exact) mass is 333 g/mol. The van der Waals surface area contributed by atoms with Gasteiger partial charge in [0.25, 0.3) is 0 Å². The maximum absolute atomic E-state index is 11.3. The molecule has 0 bridgehead atoms. The van der Waals surface area contributed by atoms with E-state index in [4.69, 9.17) is 52.1 Å². The van der Waals surface area contributed by atoms with Crippen LogP contribution in [0.1, 0.15) is 10.4 Å². The van der Waals surface area contributed by atoms with Gasteiger partial charge in [0.15, 0.2) is 0 Å². The van der Waals surface area contributed by atoms with Crippen LogP contribution in [0.25, 0.3) is 11.1 Å². The molecule has 0 aliphatic carbocycles. The van der Waals surface area contributed by atoms with Gasteiger partial charge < -0.3 is 5.73 Å². The predicted octanol–water partition coefficient (Wildman–Crippen LogP) is 5.07. The SMILES string of the molecule is NC(=O)c1cc(-c2cc(Cl)c(Cl)cc2Cl)ccc1Cl. The van der Waals surface area contributed by atoms with E-state index in [-0.39, 0.29) is 10.6 Å². The Bertz CT molecular complexity index is 670. The number of carbonyl (C=O) groups excluding carboxylic acids is 1. The molecule has 0 atom stereocenters. The molecule has 2 aromatic carbocycles. The predicted molar refractivity (Wildman–Crippen MR) is 80.4 cm³/mol. The third-order valence-corrected chi connectivity index (χ3v) is 3.92. The minimum Gasteiger partial charge on any atom is -0.366 e. The number of hydrogen-bond donors (Lipinski definition) is 1. The van der Waals surface area contributed by atoms with Gasteiger partial charge in [0.05, 0.1) is 20.6 Å². The molecule has 19 heavy (non-hydrogen) atoms. The second-order valence-corrected chi connectivity index (χ2v) is 5.43. The Balaban J connectivity index is 2.63. The Morgan fingerprint density at radius 2 is 1.47 bits per heavy atom. The molecule has 0 saturated carbocycles. The van der Waals surface area contributed by atoms with Gasteiger partial charge in [-0.25, -0.2) is 0 Å². The van der Waals surface area contributed by atoms with E-state index >= 15 is 0 Å². The lowest BCUT2D eigenvalue weighted by Crippen LogP contribution is -2.11. The van der Waals surface area contributed by atoms with Crippen LogP contribution in [0, 0.1) is 0 Å². The van der Waals surface area contributed by atoms with Crippen molar-refractivity contribution in [3.05, 3.63) is 56.0 Å². The molecule has 0 aromatic heterocycles. The topological polar surface area (TPSA) is 43.1 Å². The van der Waals surface area contributed by atoms with Gasteiger partial charge in [0, 0.05) is 10.6 Å². The van der Waals surface area contributed by atoms with E-state index in [2.05, 4.69) is 0 Å². The van der Waals surface area contributed by atoms with Crippen molar-refractivity contribution in [2.75, 3.05) is 0 Å². The Morgan fingerprint density at radius 3 is 2.11 bits per heavy atom. The molecule has 98 valence electrons. The van der Waals surface area contributed by atoms with Crippen molar-refractivity contribution in [1.82, 2.24) is 0 Å². The summed E-state index contributed by atoms with van der Waals surface area (Å²) in [4.78, 5) is 11.3. The van der Waals surface area contributed by atoms with E-state index in [1.807, 2.05) is 0 Å². The van der Waals surface area contributed by atoms with Crippen molar-refractivity contribution in [3.63, 3.8) is 0 Å². The molecule has 1 amide bonds. The highest BCUT2D eigenvalue weighted by molar-refractivity contribution is 6.44. The lowest BCUT2D eigenvalue weighted by Gasteiger charge is -2.09. The molecule has 6 heteroatoms. The van der Waals surface area contributed by atoms with E-state index < -0.39 is 5.91 Å². The normalized spacial score (nSPS) is 10.5. The van der Waals surface area contributed by atoms with Crippen molar-refractivity contribution in [2.24, 2.45) is 5.73 Å². The summed E-state index contributed by atoms with van der Waals surface area (Å²) in [5, 5.41) is 1.44. The second kappa shape index (κ2) is 5.59. The fourth-order valence-electron chi connectivity index (χ4n) is 1.63. The van der Waals surface area contributed by atoms with Crippen LogP contribution in [-0.4, -0.2) is 5.91 Å². The molecule has 0 spiro atoms. The Hall–Kier alpha value is -0.930. The fraction of sp³-hybridized carbons (Fsp3) is 0. The Morgan fingerprint density at radius 1 is 0.842 bits per heavy atom. The van der Waals surface area contributed by atoms with Crippen molar-refractivity contribution in [2.45, 2.75) is 0 Å². The smallest absolute Gasteiger partial charge is 0.250 e. The zero-order chi connectivity index (χ0) is 14.2. The first-order valence-electron chi connectivity index (χ1n) is 5.14. The maximum atomic E-state index is 11.3. The first kappa shape index (κ1) is 14.5. The molecule has 0 unspecified atom stereocenters. The first-order chi connectivity index (χ1) is 8.90. The van der Waals surface area contributed by atoms with Crippen LogP contribution in [-0.2, 0) is 0 Å². The minimum atomic E-state index is -0.608. The summed E-state index contributed by atoms with van der Waals surface area (Å²) in [7, 11) is 0. The Kier molecular flexibility index (Phi) is 4.26. The molecule has 0 saturated heterocycles. The van der Waals surface area contributed by atoms with Crippen LogP contribution in [0.3, 0.4) is 0 Å². The van der Waals surface area contributed by atoms with Gasteiger partial charge in [-0.15, -0.1) is 0 Å². The van der Waals surface area contributed by atoms with Gasteiger partial charge in [-0.05, 0) is 29.8 Å². The van der Waals surface area contributed by atoms with Gasteiger partial charge in [-0.3, -0.25) is 4.79 Å². The third-order valence-electron chi connectivity index (χ3n) is 2.55. The molecule has 2 rings (SSSR count). The van der Waals surface area contributed by atoms with E-state index in [9.17, 15) is 4.79 Å². The number of primary amides is 1. The van der Waals surface area contributed by atoms with Gasteiger partial charge in [-0.2, -0.15) is 0 Å². The molecule has 2 N–H and O–H groups in total. The van der Waals surface area contributed by atoms with Gasteiger partial charge in [0.2, 0.25) is 5.91 Å². The molecule has 0 fully saturated rings. The minimum absolute atomic E-state index is 0.223. The molecule has 0 aliphatic heterocycles. The zero-order valence-corrected chi connectivity index (χ0v) is 12.4. The summed E-state index contributed by atoms with van der Waals surface area (Å²) in [6.45, 7) is 0. The van der Waals surface area contributed by atoms with Crippen LogP contribution < -0.4 is 5.73 Å². The van der Waals surface area contributed by atoms with E-state index in [0.29, 0.717) is 26.2 Å².